The number of ether oxygens (including phenoxy) is 1. The number of benzene rings is 1. The average molecular weight is 250 g/mol. The lowest BCUT2D eigenvalue weighted by Gasteiger charge is -2.24. The topological polar surface area (TPSA) is 72.6 Å². The van der Waals surface area contributed by atoms with E-state index in [0.717, 1.165) is 5.01 Å². The first kappa shape index (κ1) is 14.2. The van der Waals surface area contributed by atoms with Crippen LogP contribution in [-0.4, -0.2) is 17.5 Å². The van der Waals surface area contributed by atoms with Crippen LogP contribution in [0.4, 0.5) is 10.5 Å². The monoisotopic (exact) mass is 250 g/mol. The summed E-state index contributed by atoms with van der Waals surface area (Å²) in [5.41, 5.74) is 0.430. The van der Waals surface area contributed by atoms with Crippen molar-refractivity contribution in [2.24, 2.45) is 5.84 Å². The number of carbonyl (C=O) groups is 2. The van der Waals surface area contributed by atoms with E-state index in [2.05, 4.69) is 0 Å². The summed E-state index contributed by atoms with van der Waals surface area (Å²) in [6, 6.07) is 6.42. The molecule has 0 aliphatic heterocycles. The smallest absolute Gasteiger partial charge is 0.429 e. The third-order valence-corrected chi connectivity index (χ3v) is 2.14. The van der Waals surface area contributed by atoms with Gasteiger partial charge >= 0.3 is 6.09 Å². The van der Waals surface area contributed by atoms with Crippen LogP contribution < -0.4 is 10.9 Å². The van der Waals surface area contributed by atoms with Crippen LogP contribution in [0.15, 0.2) is 24.3 Å². The molecule has 0 atom stereocenters. The minimum Gasteiger partial charge on any atom is -0.442 e. The Labute approximate surface area is 106 Å². The Morgan fingerprint density at radius 1 is 1.17 bits per heavy atom. The lowest BCUT2D eigenvalue weighted by atomic mass is 10.1. The van der Waals surface area contributed by atoms with Gasteiger partial charge in [-0.2, -0.15) is 0 Å². The number of Topliss-reactive ketones (excluding diaryl/α,β-unsaturated/α-hetero) is 1. The minimum atomic E-state index is -0.641. The summed E-state index contributed by atoms with van der Waals surface area (Å²) in [6.45, 7) is 6.76. The molecule has 1 rings (SSSR count). The Bertz CT molecular complexity index is 446. The van der Waals surface area contributed by atoms with Gasteiger partial charge in [0.05, 0.1) is 5.69 Å². The van der Waals surface area contributed by atoms with Crippen molar-refractivity contribution in [1.29, 1.82) is 0 Å². The summed E-state index contributed by atoms with van der Waals surface area (Å²) in [6.07, 6.45) is -0.641. The fourth-order valence-corrected chi connectivity index (χ4v) is 1.27. The fraction of sp³-hybridized carbons (Fsp3) is 0.385. The number of hydrogen-bond acceptors (Lipinski definition) is 4. The molecule has 2 N–H and O–H groups in total. The zero-order chi connectivity index (χ0) is 13.9. The molecule has 0 saturated heterocycles. The zero-order valence-corrected chi connectivity index (χ0v) is 11.1. The maximum absolute atomic E-state index is 11.7. The molecule has 0 heterocycles. The summed E-state index contributed by atoms with van der Waals surface area (Å²) in [5.74, 6) is 5.61. The van der Waals surface area contributed by atoms with Gasteiger partial charge in [0.25, 0.3) is 0 Å². The molecule has 1 aromatic carbocycles. The molecule has 0 aliphatic carbocycles. The summed E-state index contributed by atoms with van der Waals surface area (Å²) in [5, 5.41) is 0.912. The second-order valence-corrected chi connectivity index (χ2v) is 4.95. The van der Waals surface area contributed by atoms with Crippen LogP contribution in [0, 0.1) is 0 Å². The average Bonchev–Trinajstić information content (AvgIpc) is 2.26. The molecule has 0 aromatic heterocycles. The SMILES string of the molecule is CC(=O)c1ccc(N(N)C(=O)OC(C)(C)C)cc1. The number of rotatable bonds is 2. The number of anilines is 1. The van der Waals surface area contributed by atoms with Crippen molar-refractivity contribution in [3.05, 3.63) is 29.8 Å². The molecule has 1 aromatic rings. The first-order chi connectivity index (χ1) is 8.20. The highest BCUT2D eigenvalue weighted by molar-refractivity contribution is 5.95. The van der Waals surface area contributed by atoms with Crippen molar-refractivity contribution < 1.29 is 14.3 Å². The summed E-state index contributed by atoms with van der Waals surface area (Å²) in [4.78, 5) is 22.8. The Balaban J connectivity index is 2.81. The van der Waals surface area contributed by atoms with Gasteiger partial charge in [0, 0.05) is 5.56 Å². The Morgan fingerprint density at radius 2 is 1.67 bits per heavy atom. The number of hydrogen-bond donors (Lipinski definition) is 1. The van der Waals surface area contributed by atoms with Crippen LogP contribution in [0.25, 0.3) is 0 Å². The van der Waals surface area contributed by atoms with Crippen LogP contribution in [0.1, 0.15) is 38.1 Å². The first-order valence-corrected chi connectivity index (χ1v) is 5.59. The molecule has 98 valence electrons. The third kappa shape index (κ3) is 3.85. The van der Waals surface area contributed by atoms with Crippen molar-refractivity contribution in [2.45, 2.75) is 33.3 Å². The number of ketones is 1. The van der Waals surface area contributed by atoms with E-state index in [9.17, 15) is 9.59 Å². The third-order valence-electron chi connectivity index (χ3n) is 2.14. The van der Waals surface area contributed by atoms with Crippen molar-refractivity contribution in [3.63, 3.8) is 0 Å². The number of hydrazine groups is 1. The van der Waals surface area contributed by atoms with E-state index in [-0.39, 0.29) is 5.78 Å². The lowest BCUT2D eigenvalue weighted by molar-refractivity contribution is 0.0580. The largest absolute Gasteiger partial charge is 0.442 e. The van der Waals surface area contributed by atoms with E-state index in [1.54, 1.807) is 45.0 Å². The predicted octanol–water partition coefficient (Wildman–Crippen LogP) is 2.50. The minimum absolute atomic E-state index is 0.0395. The number of nitrogens with zero attached hydrogens (tertiary/aromatic N) is 1. The summed E-state index contributed by atoms with van der Waals surface area (Å²) in [7, 11) is 0. The van der Waals surface area contributed by atoms with Crippen LogP contribution in [-0.2, 0) is 4.74 Å². The van der Waals surface area contributed by atoms with Gasteiger partial charge in [-0.15, -0.1) is 0 Å². The van der Waals surface area contributed by atoms with Crippen molar-refractivity contribution >= 4 is 17.6 Å². The molecule has 0 fully saturated rings. The van der Waals surface area contributed by atoms with E-state index in [4.69, 9.17) is 10.6 Å². The van der Waals surface area contributed by atoms with Gasteiger partial charge in [-0.1, -0.05) is 0 Å². The molecule has 0 unspecified atom stereocenters. The highest BCUT2D eigenvalue weighted by Gasteiger charge is 2.21. The van der Waals surface area contributed by atoms with Gasteiger partial charge in [0.1, 0.15) is 5.60 Å². The Hall–Kier alpha value is -1.88. The van der Waals surface area contributed by atoms with E-state index in [1.807, 2.05) is 0 Å². The van der Waals surface area contributed by atoms with Gasteiger partial charge in [-0.25, -0.2) is 15.6 Å². The molecule has 5 nitrogen and oxygen atoms in total. The maximum atomic E-state index is 11.7. The van der Waals surface area contributed by atoms with Crippen molar-refractivity contribution in [2.75, 3.05) is 5.01 Å². The Kier molecular flexibility index (Phi) is 4.08. The summed E-state index contributed by atoms with van der Waals surface area (Å²) >= 11 is 0. The molecule has 0 aliphatic rings. The van der Waals surface area contributed by atoms with Gasteiger partial charge in [0.2, 0.25) is 0 Å². The van der Waals surface area contributed by atoms with Crippen molar-refractivity contribution in [1.82, 2.24) is 0 Å². The molecular formula is C13H18N2O3. The van der Waals surface area contributed by atoms with Crippen LogP contribution >= 0.6 is 0 Å². The molecule has 0 spiro atoms. The normalized spacial score (nSPS) is 10.9. The molecule has 1 amide bonds. The standard InChI is InChI=1S/C13H18N2O3/c1-9(16)10-5-7-11(8-6-10)15(14)12(17)18-13(2,3)4/h5-8H,14H2,1-4H3. The maximum Gasteiger partial charge on any atom is 0.429 e. The van der Waals surface area contributed by atoms with Gasteiger partial charge in [-0.05, 0) is 52.0 Å². The van der Waals surface area contributed by atoms with Crippen LogP contribution in [0.3, 0.4) is 0 Å². The highest BCUT2D eigenvalue weighted by Crippen LogP contribution is 2.16. The van der Waals surface area contributed by atoms with Gasteiger partial charge in [-0.3, -0.25) is 4.79 Å². The predicted molar refractivity (Wildman–Crippen MR) is 69.3 cm³/mol. The van der Waals surface area contributed by atoms with Crippen LogP contribution in [0.5, 0.6) is 0 Å². The number of carbonyl (C=O) groups excluding carboxylic acids is 2. The van der Waals surface area contributed by atoms with E-state index >= 15 is 0 Å². The van der Waals surface area contributed by atoms with Crippen molar-refractivity contribution in [3.8, 4) is 0 Å². The second-order valence-electron chi connectivity index (χ2n) is 4.95. The Morgan fingerprint density at radius 3 is 2.06 bits per heavy atom. The molecule has 5 heteroatoms. The lowest BCUT2D eigenvalue weighted by Crippen LogP contribution is -2.41. The molecule has 0 bridgehead atoms. The van der Waals surface area contributed by atoms with E-state index < -0.39 is 11.7 Å². The molecular weight excluding hydrogens is 232 g/mol. The zero-order valence-electron chi connectivity index (χ0n) is 11.1. The number of nitrogens with two attached hydrogens (primary N) is 1. The van der Waals surface area contributed by atoms with Gasteiger partial charge in [0.15, 0.2) is 5.78 Å². The van der Waals surface area contributed by atoms with E-state index in [0.29, 0.717) is 11.3 Å². The molecule has 0 radical (unpaired) electrons. The second kappa shape index (κ2) is 5.18. The van der Waals surface area contributed by atoms with Gasteiger partial charge < -0.3 is 4.74 Å². The van der Waals surface area contributed by atoms with Crippen LogP contribution in [0.2, 0.25) is 0 Å². The highest BCUT2D eigenvalue weighted by atomic mass is 16.6. The first-order valence-electron chi connectivity index (χ1n) is 5.59. The molecule has 0 saturated carbocycles. The van der Waals surface area contributed by atoms with E-state index in [1.165, 1.54) is 6.92 Å². The fourth-order valence-electron chi connectivity index (χ4n) is 1.27. The molecule has 18 heavy (non-hydrogen) atoms. The quantitative estimate of drug-likeness (QED) is 0.379. The number of amides is 1. The summed E-state index contributed by atoms with van der Waals surface area (Å²) < 4.78 is 5.13.